The van der Waals surface area contributed by atoms with Crippen LogP contribution in [0.3, 0.4) is 0 Å². The average molecular weight is 733 g/mol. The molecule has 0 radical (unpaired) electrons. The molecule has 268 valence electrons. The molecular weight excluding hydrogens is 701 g/mol. The van der Waals surface area contributed by atoms with Crippen molar-refractivity contribution in [3.8, 4) is 56.7 Å². The molecule has 0 amide bonds. The zero-order chi connectivity index (χ0) is 37.5. The van der Waals surface area contributed by atoms with E-state index >= 15 is 0 Å². The third-order valence-corrected chi connectivity index (χ3v) is 11.4. The van der Waals surface area contributed by atoms with Crippen LogP contribution in [0.1, 0.15) is 28.8 Å². The predicted octanol–water partition coefficient (Wildman–Crippen LogP) is 12.6. The Balaban J connectivity index is 0.999. The first-order chi connectivity index (χ1) is 28.2. The van der Waals surface area contributed by atoms with E-state index in [2.05, 4.69) is 126 Å². The zero-order valence-electron chi connectivity index (χ0n) is 30.6. The van der Waals surface area contributed by atoms with Crippen LogP contribution in [-0.2, 0) is 0 Å². The SMILES string of the molecule is C1=CC2c3c(cccc3-c3nc(-c4ccccc4)nc(-c4ccc5c(c4)oc4ccccc45)n3)OC2c2c1n(-c1cccc(-c3ccccc3)c1)c1ccccc21. The van der Waals surface area contributed by atoms with E-state index in [0.717, 1.165) is 66.8 Å². The molecule has 0 fully saturated rings. The van der Waals surface area contributed by atoms with Gasteiger partial charge in [-0.15, -0.1) is 0 Å². The van der Waals surface area contributed by atoms with Crippen molar-refractivity contribution in [3.63, 3.8) is 0 Å². The molecule has 1 aliphatic heterocycles. The Hall–Kier alpha value is -7.57. The van der Waals surface area contributed by atoms with Crippen molar-refractivity contribution in [1.29, 1.82) is 0 Å². The summed E-state index contributed by atoms with van der Waals surface area (Å²) < 4.78 is 15.7. The number of aromatic nitrogens is 4. The lowest BCUT2D eigenvalue weighted by atomic mass is 9.83. The molecule has 0 saturated carbocycles. The van der Waals surface area contributed by atoms with Gasteiger partial charge in [0, 0.05) is 55.6 Å². The van der Waals surface area contributed by atoms with Crippen molar-refractivity contribution < 1.29 is 9.15 Å². The monoisotopic (exact) mass is 732 g/mol. The Morgan fingerprint density at radius 2 is 1.16 bits per heavy atom. The Morgan fingerprint density at radius 1 is 0.474 bits per heavy atom. The molecule has 12 rings (SSSR count). The summed E-state index contributed by atoms with van der Waals surface area (Å²) in [5.74, 6) is 2.58. The van der Waals surface area contributed by atoms with Crippen molar-refractivity contribution in [2.24, 2.45) is 0 Å². The Kier molecular flexibility index (Phi) is 6.95. The Morgan fingerprint density at radius 3 is 2.02 bits per heavy atom. The fourth-order valence-electron chi connectivity index (χ4n) is 8.87. The minimum Gasteiger partial charge on any atom is -0.484 e. The lowest BCUT2D eigenvalue weighted by molar-refractivity contribution is 0.224. The Labute approximate surface area is 328 Å². The van der Waals surface area contributed by atoms with Gasteiger partial charge in [0.05, 0.1) is 11.2 Å². The van der Waals surface area contributed by atoms with Gasteiger partial charge in [0.25, 0.3) is 0 Å². The molecule has 10 aromatic rings. The fraction of sp³-hybridized carbons (Fsp3) is 0.0392. The molecule has 6 nitrogen and oxygen atoms in total. The molecule has 1 aliphatic carbocycles. The summed E-state index contributed by atoms with van der Waals surface area (Å²) in [6.45, 7) is 0. The molecule has 2 aliphatic rings. The second kappa shape index (κ2) is 12.5. The van der Waals surface area contributed by atoms with Crippen molar-refractivity contribution in [1.82, 2.24) is 19.5 Å². The number of furan rings is 1. The maximum absolute atomic E-state index is 7.01. The first kappa shape index (κ1) is 31.7. The summed E-state index contributed by atoms with van der Waals surface area (Å²) in [6, 6.07) is 58.6. The molecular formula is C51H32N4O2. The maximum atomic E-state index is 7.01. The number of para-hydroxylation sites is 2. The minimum atomic E-state index is -0.227. The van der Waals surface area contributed by atoms with Crippen LogP contribution in [-0.4, -0.2) is 19.5 Å². The minimum absolute atomic E-state index is 0.0501. The number of fused-ring (bicyclic) bond motifs is 10. The number of nitrogens with zero attached hydrogens (tertiary/aromatic N) is 4. The zero-order valence-corrected chi connectivity index (χ0v) is 30.6. The summed E-state index contributed by atoms with van der Waals surface area (Å²) >= 11 is 0. The smallest absolute Gasteiger partial charge is 0.164 e. The predicted molar refractivity (Wildman–Crippen MR) is 227 cm³/mol. The first-order valence-electron chi connectivity index (χ1n) is 19.3. The summed E-state index contributed by atoms with van der Waals surface area (Å²) in [6.07, 6.45) is 4.35. The van der Waals surface area contributed by atoms with Crippen LogP contribution >= 0.6 is 0 Å². The van der Waals surface area contributed by atoms with Crippen molar-refractivity contribution in [2.75, 3.05) is 0 Å². The summed E-state index contributed by atoms with van der Waals surface area (Å²) in [5, 5.41) is 3.33. The van der Waals surface area contributed by atoms with Crippen LogP contribution in [0.5, 0.6) is 5.75 Å². The van der Waals surface area contributed by atoms with Crippen molar-refractivity contribution in [3.05, 3.63) is 193 Å². The second-order valence-electron chi connectivity index (χ2n) is 14.7. The van der Waals surface area contributed by atoms with Crippen LogP contribution in [0.25, 0.3) is 89.9 Å². The summed E-state index contributed by atoms with van der Waals surface area (Å²) in [4.78, 5) is 15.4. The third kappa shape index (κ3) is 5.00. The lowest BCUT2D eigenvalue weighted by Crippen LogP contribution is -2.14. The van der Waals surface area contributed by atoms with Crippen molar-refractivity contribution >= 4 is 38.9 Å². The van der Waals surface area contributed by atoms with Crippen molar-refractivity contribution in [2.45, 2.75) is 12.0 Å². The van der Waals surface area contributed by atoms with E-state index in [0.29, 0.717) is 17.5 Å². The number of ether oxygens (including phenoxy) is 1. The highest BCUT2D eigenvalue weighted by Gasteiger charge is 2.42. The molecule has 2 atom stereocenters. The van der Waals surface area contributed by atoms with Gasteiger partial charge in [-0.2, -0.15) is 0 Å². The largest absolute Gasteiger partial charge is 0.484 e. The maximum Gasteiger partial charge on any atom is 0.164 e. The van der Waals surface area contributed by atoms with Gasteiger partial charge in [0.1, 0.15) is 23.0 Å². The highest BCUT2D eigenvalue weighted by Crippen LogP contribution is 2.55. The Bertz CT molecular complexity index is 3240. The van der Waals surface area contributed by atoms with E-state index < -0.39 is 0 Å². The number of hydrogen-bond donors (Lipinski definition) is 0. The average Bonchev–Trinajstić information content (AvgIpc) is 3.96. The fourth-order valence-corrected chi connectivity index (χ4v) is 8.87. The molecule has 0 spiro atoms. The molecule has 7 aromatic carbocycles. The second-order valence-corrected chi connectivity index (χ2v) is 14.7. The molecule has 6 heteroatoms. The highest BCUT2D eigenvalue weighted by molar-refractivity contribution is 6.05. The van der Waals surface area contributed by atoms with Crippen LogP contribution in [0.4, 0.5) is 0 Å². The van der Waals surface area contributed by atoms with Crippen LogP contribution < -0.4 is 4.74 Å². The van der Waals surface area contributed by atoms with Gasteiger partial charge < -0.3 is 13.7 Å². The summed E-state index contributed by atoms with van der Waals surface area (Å²) in [7, 11) is 0. The molecule has 4 heterocycles. The van der Waals surface area contributed by atoms with Crippen LogP contribution in [0.15, 0.2) is 180 Å². The number of rotatable bonds is 5. The van der Waals surface area contributed by atoms with Gasteiger partial charge in [0.2, 0.25) is 0 Å². The van der Waals surface area contributed by atoms with Gasteiger partial charge in [-0.3, -0.25) is 0 Å². The standard InChI is InChI=1S/C51H32N4O2/c1-3-13-31(14-4-1)33-17-11-18-35(29-33)55-41-22-9-7-20-38(41)47-42(55)28-27-39-46-40(21-12-24-44(46)57-48(39)47)51-53-49(32-15-5-2-6-16-32)52-50(54-51)34-25-26-37-36-19-8-10-23-43(36)56-45(37)30-34/h1-30,39,48H. The highest BCUT2D eigenvalue weighted by atomic mass is 16.5. The van der Waals surface area contributed by atoms with E-state index in [1.165, 1.54) is 22.1 Å². The van der Waals surface area contributed by atoms with E-state index in [-0.39, 0.29) is 12.0 Å². The van der Waals surface area contributed by atoms with E-state index in [1.807, 2.05) is 60.7 Å². The van der Waals surface area contributed by atoms with Crippen LogP contribution in [0.2, 0.25) is 0 Å². The molecule has 3 aromatic heterocycles. The van der Waals surface area contributed by atoms with Gasteiger partial charge in [-0.25, -0.2) is 15.0 Å². The molecule has 2 unspecified atom stereocenters. The molecule has 0 saturated heterocycles. The quantitative estimate of drug-likeness (QED) is 0.176. The third-order valence-electron chi connectivity index (χ3n) is 11.4. The number of hydrogen-bond acceptors (Lipinski definition) is 5. The molecule has 57 heavy (non-hydrogen) atoms. The number of benzene rings is 7. The van der Waals surface area contributed by atoms with Crippen LogP contribution in [0, 0.1) is 0 Å². The molecule has 0 bridgehead atoms. The topological polar surface area (TPSA) is 66.0 Å². The molecule has 0 N–H and O–H groups in total. The van der Waals surface area contributed by atoms with E-state index in [4.69, 9.17) is 24.1 Å². The van der Waals surface area contributed by atoms with Gasteiger partial charge in [0.15, 0.2) is 17.5 Å². The summed E-state index contributed by atoms with van der Waals surface area (Å²) in [5.41, 5.74) is 12.4. The van der Waals surface area contributed by atoms with E-state index in [9.17, 15) is 0 Å². The first-order valence-corrected chi connectivity index (χ1v) is 19.3. The van der Waals surface area contributed by atoms with Gasteiger partial charge in [-0.05, 0) is 59.7 Å². The lowest BCUT2D eigenvalue weighted by Gasteiger charge is -2.23. The van der Waals surface area contributed by atoms with E-state index in [1.54, 1.807) is 0 Å². The van der Waals surface area contributed by atoms with Gasteiger partial charge >= 0.3 is 0 Å². The normalized spacial score (nSPS) is 15.4. The van der Waals surface area contributed by atoms with Gasteiger partial charge in [-0.1, -0.05) is 133 Å².